The van der Waals surface area contributed by atoms with Gasteiger partial charge in [-0.2, -0.15) is 0 Å². The second-order valence-electron chi connectivity index (χ2n) is 6.08. The second-order valence-corrected chi connectivity index (χ2v) is 6.08. The molecule has 1 aromatic carbocycles. The van der Waals surface area contributed by atoms with Gasteiger partial charge < -0.3 is 19.9 Å². The summed E-state index contributed by atoms with van der Waals surface area (Å²) in [6, 6.07) is 8.10. The lowest BCUT2D eigenvalue weighted by atomic mass is 10.0. The molecule has 2 aromatic rings. The average molecular weight is 486 g/mol. The van der Waals surface area contributed by atoms with E-state index in [4.69, 9.17) is 9.73 Å². The zero-order chi connectivity index (χ0) is 18.8. The molecular formula is C19H31IN6O. The third-order valence-electron chi connectivity index (χ3n) is 4.19. The van der Waals surface area contributed by atoms with Crippen molar-refractivity contribution in [2.75, 3.05) is 26.7 Å². The predicted octanol–water partition coefficient (Wildman–Crippen LogP) is 2.83. The molecule has 1 aromatic heterocycles. The zero-order valence-corrected chi connectivity index (χ0v) is 18.9. The minimum atomic E-state index is 0. The smallest absolute Gasteiger partial charge is 0.191 e. The maximum Gasteiger partial charge on any atom is 0.191 e. The number of nitrogens with zero attached hydrogens (tertiary/aromatic N) is 4. The van der Waals surface area contributed by atoms with Gasteiger partial charge in [-0.25, -0.2) is 0 Å². The molecule has 7 nitrogen and oxygen atoms in total. The fourth-order valence-electron chi connectivity index (χ4n) is 2.78. The number of rotatable bonds is 9. The third-order valence-corrected chi connectivity index (χ3v) is 4.19. The van der Waals surface area contributed by atoms with Crippen LogP contribution < -0.4 is 15.4 Å². The van der Waals surface area contributed by atoms with Crippen molar-refractivity contribution in [3.05, 3.63) is 42.0 Å². The SMILES string of the molecule is CCNC(=NCC(C)c1ccccc1OC)NCCn1cnnc1CC.I. The lowest BCUT2D eigenvalue weighted by Gasteiger charge is -2.16. The number of aliphatic imine (C=N–C) groups is 1. The first kappa shape index (κ1) is 23.2. The average Bonchev–Trinajstić information content (AvgIpc) is 3.13. The Balaban J connectivity index is 0.00000364. The molecule has 1 heterocycles. The molecule has 150 valence electrons. The van der Waals surface area contributed by atoms with E-state index in [2.05, 4.69) is 52.2 Å². The standard InChI is InChI=1S/C19H30N6O.HI/c1-5-18-24-23-14-25(18)12-11-21-19(20-6-2)22-13-15(3)16-9-7-8-10-17(16)26-4;/h7-10,14-15H,5-6,11-13H2,1-4H3,(H2,20,21,22);1H. The molecule has 1 atom stereocenters. The lowest BCUT2D eigenvalue weighted by molar-refractivity contribution is 0.407. The van der Waals surface area contributed by atoms with Gasteiger partial charge in [-0.15, -0.1) is 34.2 Å². The molecule has 0 bridgehead atoms. The minimum Gasteiger partial charge on any atom is -0.496 e. The Bertz CT molecular complexity index is 703. The second kappa shape index (κ2) is 12.5. The van der Waals surface area contributed by atoms with Gasteiger partial charge in [0.25, 0.3) is 0 Å². The molecule has 0 fully saturated rings. The van der Waals surface area contributed by atoms with E-state index in [1.807, 2.05) is 18.2 Å². The Labute approximate surface area is 179 Å². The maximum absolute atomic E-state index is 5.45. The van der Waals surface area contributed by atoms with E-state index in [0.29, 0.717) is 6.54 Å². The van der Waals surface area contributed by atoms with Crippen LogP contribution in [0.25, 0.3) is 0 Å². The molecule has 27 heavy (non-hydrogen) atoms. The van der Waals surface area contributed by atoms with E-state index >= 15 is 0 Å². The summed E-state index contributed by atoms with van der Waals surface area (Å²) in [5.41, 5.74) is 1.17. The minimum absolute atomic E-state index is 0. The number of benzene rings is 1. The van der Waals surface area contributed by atoms with Crippen molar-refractivity contribution in [3.8, 4) is 5.75 Å². The molecule has 0 saturated heterocycles. The van der Waals surface area contributed by atoms with Gasteiger partial charge in [0, 0.05) is 38.5 Å². The number of para-hydroxylation sites is 1. The highest BCUT2D eigenvalue weighted by Gasteiger charge is 2.11. The summed E-state index contributed by atoms with van der Waals surface area (Å²) < 4.78 is 7.52. The fraction of sp³-hybridized carbons (Fsp3) is 0.526. The van der Waals surface area contributed by atoms with Crippen molar-refractivity contribution >= 4 is 29.9 Å². The zero-order valence-electron chi connectivity index (χ0n) is 16.6. The largest absolute Gasteiger partial charge is 0.496 e. The number of nitrogens with one attached hydrogen (secondary N) is 2. The van der Waals surface area contributed by atoms with Gasteiger partial charge in [0.15, 0.2) is 5.96 Å². The van der Waals surface area contributed by atoms with Crippen LogP contribution in [-0.2, 0) is 13.0 Å². The molecule has 0 aliphatic rings. The molecule has 0 saturated carbocycles. The summed E-state index contributed by atoms with van der Waals surface area (Å²) in [5.74, 6) is 3.00. The van der Waals surface area contributed by atoms with Gasteiger partial charge in [0.2, 0.25) is 0 Å². The van der Waals surface area contributed by atoms with Gasteiger partial charge in [-0.3, -0.25) is 4.99 Å². The van der Waals surface area contributed by atoms with Gasteiger partial charge in [-0.1, -0.05) is 32.0 Å². The molecule has 8 heteroatoms. The Morgan fingerprint density at radius 2 is 2.04 bits per heavy atom. The van der Waals surface area contributed by atoms with Crippen LogP contribution in [0.15, 0.2) is 35.6 Å². The molecule has 0 aliphatic heterocycles. The Morgan fingerprint density at radius 3 is 2.74 bits per heavy atom. The van der Waals surface area contributed by atoms with Crippen LogP contribution in [0.2, 0.25) is 0 Å². The summed E-state index contributed by atoms with van der Waals surface area (Å²) in [4.78, 5) is 4.72. The molecule has 2 rings (SSSR count). The van der Waals surface area contributed by atoms with Crippen molar-refractivity contribution in [2.24, 2.45) is 4.99 Å². The Hall–Kier alpha value is -1.84. The molecular weight excluding hydrogens is 455 g/mol. The number of guanidine groups is 1. The van der Waals surface area contributed by atoms with Crippen LogP contribution >= 0.6 is 24.0 Å². The first-order chi connectivity index (χ1) is 12.7. The van der Waals surface area contributed by atoms with E-state index in [-0.39, 0.29) is 29.9 Å². The topological polar surface area (TPSA) is 76.4 Å². The van der Waals surface area contributed by atoms with Crippen LogP contribution in [0, 0.1) is 0 Å². The highest BCUT2D eigenvalue weighted by atomic mass is 127. The van der Waals surface area contributed by atoms with Gasteiger partial charge in [-0.05, 0) is 18.6 Å². The third kappa shape index (κ3) is 7.00. The summed E-state index contributed by atoms with van der Waals surface area (Å²) >= 11 is 0. The van der Waals surface area contributed by atoms with Gasteiger partial charge >= 0.3 is 0 Å². The number of hydrogen-bond acceptors (Lipinski definition) is 4. The number of hydrogen-bond donors (Lipinski definition) is 2. The number of methoxy groups -OCH3 is 1. The quantitative estimate of drug-likeness (QED) is 0.324. The van der Waals surface area contributed by atoms with Crippen LogP contribution in [-0.4, -0.2) is 47.5 Å². The normalized spacial score (nSPS) is 12.2. The van der Waals surface area contributed by atoms with Crippen molar-refractivity contribution < 1.29 is 4.74 Å². The highest BCUT2D eigenvalue weighted by Crippen LogP contribution is 2.26. The molecule has 0 spiro atoms. The van der Waals surface area contributed by atoms with Crippen LogP contribution in [0.4, 0.5) is 0 Å². The van der Waals surface area contributed by atoms with E-state index in [0.717, 1.165) is 43.6 Å². The first-order valence-electron chi connectivity index (χ1n) is 9.21. The van der Waals surface area contributed by atoms with Gasteiger partial charge in [0.1, 0.15) is 17.9 Å². The van der Waals surface area contributed by atoms with E-state index < -0.39 is 0 Å². The summed E-state index contributed by atoms with van der Waals surface area (Å²) in [5, 5.41) is 14.7. The number of halogens is 1. The van der Waals surface area contributed by atoms with Crippen LogP contribution in [0.5, 0.6) is 5.75 Å². The van der Waals surface area contributed by atoms with Crippen molar-refractivity contribution in [1.82, 2.24) is 25.4 Å². The first-order valence-corrected chi connectivity index (χ1v) is 9.21. The number of ether oxygens (including phenoxy) is 1. The molecule has 1 unspecified atom stereocenters. The summed E-state index contributed by atoms with van der Waals surface area (Å²) in [7, 11) is 1.70. The lowest BCUT2D eigenvalue weighted by Crippen LogP contribution is -2.39. The number of aryl methyl sites for hydroxylation is 1. The highest BCUT2D eigenvalue weighted by molar-refractivity contribution is 14.0. The van der Waals surface area contributed by atoms with Gasteiger partial charge in [0.05, 0.1) is 7.11 Å². The van der Waals surface area contributed by atoms with Crippen molar-refractivity contribution in [1.29, 1.82) is 0 Å². The molecule has 0 aliphatic carbocycles. The number of aromatic nitrogens is 3. The van der Waals surface area contributed by atoms with Crippen LogP contribution in [0.3, 0.4) is 0 Å². The summed E-state index contributed by atoms with van der Waals surface area (Å²) in [6.07, 6.45) is 2.65. The Kier molecular flexibility index (Phi) is 10.8. The predicted molar refractivity (Wildman–Crippen MR) is 120 cm³/mol. The van der Waals surface area contributed by atoms with E-state index in [9.17, 15) is 0 Å². The Morgan fingerprint density at radius 1 is 1.26 bits per heavy atom. The summed E-state index contributed by atoms with van der Waals surface area (Å²) in [6.45, 7) is 9.39. The van der Waals surface area contributed by atoms with Crippen molar-refractivity contribution in [3.63, 3.8) is 0 Å². The fourth-order valence-corrected chi connectivity index (χ4v) is 2.78. The maximum atomic E-state index is 5.45. The monoisotopic (exact) mass is 486 g/mol. The van der Waals surface area contributed by atoms with Crippen LogP contribution in [0.1, 0.15) is 38.1 Å². The molecule has 0 amide bonds. The van der Waals surface area contributed by atoms with Crippen molar-refractivity contribution in [2.45, 2.75) is 39.7 Å². The molecule has 2 N–H and O–H groups in total. The van der Waals surface area contributed by atoms with E-state index in [1.165, 1.54) is 5.56 Å². The van der Waals surface area contributed by atoms with E-state index in [1.54, 1.807) is 13.4 Å². The molecule has 0 radical (unpaired) electrons.